The Hall–Kier alpha value is -2.04. The number of benzene rings is 2. The van der Waals surface area contributed by atoms with E-state index in [1.807, 2.05) is 24.3 Å². The van der Waals surface area contributed by atoms with Gasteiger partial charge in [0.2, 0.25) is 0 Å². The van der Waals surface area contributed by atoms with Gasteiger partial charge < -0.3 is 15.2 Å². The van der Waals surface area contributed by atoms with E-state index in [-0.39, 0.29) is 0 Å². The molecule has 1 saturated carbocycles. The van der Waals surface area contributed by atoms with Crippen molar-refractivity contribution in [1.82, 2.24) is 10.2 Å². The van der Waals surface area contributed by atoms with E-state index >= 15 is 0 Å². The van der Waals surface area contributed by atoms with Gasteiger partial charge >= 0.3 is 0 Å². The first-order chi connectivity index (χ1) is 13.3. The van der Waals surface area contributed by atoms with Gasteiger partial charge in [0.15, 0.2) is 0 Å². The van der Waals surface area contributed by atoms with Crippen molar-refractivity contribution < 1.29 is 9.84 Å². The monoisotopic (exact) mass is 366 g/mol. The van der Waals surface area contributed by atoms with Gasteiger partial charge in [0.05, 0.1) is 0 Å². The quantitative estimate of drug-likeness (QED) is 0.808. The third kappa shape index (κ3) is 4.45. The van der Waals surface area contributed by atoms with Gasteiger partial charge in [0.25, 0.3) is 0 Å². The van der Waals surface area contributed by atoms with E-state index < -0.39 is 0 Å². The van der Waals surface area contributed by atoms with E-state index in [0.29, 0.717) is 24.3 Å². The SMILES string of the molecule is Oc1cc(OCc2ccccc2)ccc1[C@H](C1CCCC1)N1CCNCC1. The summed E-state index contributed by atoms with van der Waals surface area (Å²) >= 11 is 0. The molecule has 2 N–H and O–H groups in total. The average Bonchev–Trinajstić information content (AvgIpc) is 3.24. The van der Waals surface area contributed by atoms with Crippen LogP contribution in [0.25, 0.3) is 0 Å². The molecule has 1 atom stereocenters. The minimum atomic E-state index is 0.317. The number of rotatable bonds is 6. The fourth-order valence-corrected chi connectivity index (χ4v) is 4.59. The average molecular weight is 367 g/mol. The fourth-order valence-electron chi connectivity index (χ4n) is 4.59. The number of phenolic OH excluding ortho intramolecular Hbond substituents is 1. The first-order valence-corrected chi connectivity index (χ1v) is 10.3. The third-order valence-corrected chi connectivity index (χ3v) is 5.96. The second kappa shape index (κ2) is 8.77. The summed E-state index contributed by atoms with van der Waals surface area (Å²) < 4.78 is 5.89. The van der Waals surface area contributed by atoms with E-state index in [9.17, 15) is 5.11 Å². The molecule has 0 amide bonds. The van der Waals surface area contributed by atoms with Crippen LogP contribution in [-0.2, 0) is 6.61 Å². The summed E-state index contributed by atoms with van der Waals surface area (Å²) in [5.74, 6) is 1.74. The smallest absolute Gasteiger partial charge is 0.124 e. The fraction of sp³-hybridized carbons (Fsp3) is 0.478. The summed E-state index contributed by atoms with van der Waals surface area (Å²) in [6.45, 7) is 4.67. The minimum absolute atomic E-state index is 0.317. The number of hydrogen-bond acceptors (Lipinski definition) is 4. The highest BCUT2D eigenvalue weighted by Crippen LogP contribution is 2.43. The Morgan fingerprint density at radius 3 is 2.48 bits per heavy atom. The highest BCUT2D eigenvalue weighted by molar-refractivity contribution is 5.42. The molecule has 1 heterocycles. The number of piperazine rings is 1. The normalized spacial score (nSPS) is 19.9. The van der Waals surface area contributed by atoms with Crippen LogP contribution < -0.4 is 10.1 Å². The van der Waals surface area contributed by atoms with E-state index in [4.69, 9.17) is 4.74 Å². The molecular weight excluding hydrogens is 336 g/mol. The first-order valence-electron chi connectivity index (χ1n) is 10.3. The van der Waals surface area contributed by atoms with Crippen LogP contribution in [0.1, 0.15) is 42.9 Å². The van der Waals surface area contributed by atoms with Crippen LogP contribution in [0.5, 0.6) is 11.5 Å². The zero-order chi connectivity index (χ0) is 18.5. The molecule has 0 radical (unpaired) electrons. The van der Waals surface area contributed by atoms with Gasteiger partial charge in [-0.25, -0.2) is 0 Å². The van der Waals surface area contributed by atoms with E-state index in [1.165, 1.54) is 25.7 Å². The van der Waals surface area contributed by atoms with Gasteiger partial charge in [-0.15, -0.1) is 0 Å². The van der Waals surface area contributed by atoms with Crippen LogP contribution >= 0.6 is 0 Å². The maximum absolute atomic E-state index is 10.8. The van der Waals surface area contributed by atoms with E-state index in [2.05, 4.69) is 28.4 Å². The Labute approximate surface area is 162 Å². The van der Waals surface area contributed by atoms with Gasteiger partial charge in [-0.3, -0.25) is 4.90 Å². The number of phenols is 1. The molecule has 1 aliphatic heterocycles. The van der Waals surface area contributed by atoms with E-state index in [1.54, 1.807) is 6.07 Å². The Morgan fingerprint density at radius 1 is 1.04 bits per heavy atom. The first kappa shape index (κ1) is 18.3. The molecule has 2 aliphatic rings. The lowest BCUT2D eigenvalue weighted by molar-refractivity contribution is 0.123. The molecule has 4 heteroatoms. The lowest BCUT2D eigenvalue weighted by atomic mass is 9.89. The second-order valence-electron chi connectivity index (χ2n) is 7.77. The molecule has 0 spiro atoms. The zero-order valence-corrected chi connectivity index (χ0v) is 15.9. The molecule has 2 fully saturated rings. The zero-order valence-electron chi connectivity index (χ0n) is 15.9. The topological polar surface area (TPSA) is 44.7 Å². The maximum Gasteiger partial charge on any atom is 0.124 e. The largest absolute Gasteiger partial charge is 0.507 e. The van der Waals surface area contributed by atoms with Crippen LogP contribution in [-0.4, -0.2) is 36.2 Å². The lowest BCUT2D eigenvalue weighted by Crippen LogP contribution is -2.46. The molecule has 27 heavy (non-hydrogen) atoms. The van der Waals surface area contributed by atoms with Crippen molar-refractivity contribution >= 4 is 0 Å². The van der Waals surface area contributed by atoms with Crippen molar-refractivity contribution in [2.75, 3.05) is 26.2 Å². The van der Waals surface area contributed by atoms with Crippen molar-refractivity contribution in [1.29, 1.82) is 0 Å². The van der Waals surface area contributed by atoms with Gasteiger partial charge in [0.1, 0.15) is 18.1 Å². The minimum Gasteiger partial charge on any atom is -0.507 e. The van der Waals surface area contributed by atoms with E-state index in [0.717, 1.165) is 43.1 Å². The Kier molecular flexibility index (Phi) is 5.95. The summed E-state index contributed by atoms with van der Waals surface area (Å²) in [6.07, 6.45) is 5.15. The Morgan fingerprint density at radius 2 is 1.78 bits per heavy atom. The number of ether oxygens (including phenoxy) is 1. The molecule has 0 unspecified atom stereocenters. The number of aromatic hydroxyl groups is 1. The third-order valence-electron chi connectivity index (χ3n) is 5.96. The predicted molar refractivity (Wildman–Crippen MR) is 108 cm³/mol. The lowest BCUT2D eigenvalue weighted by Gasteiger charge is -2.39. The number of nitrogens with one attached hydrogen (secondary N) is 1. The summed E-state index contributed by atoms with van der Waals surface area (Å²) in [7, 11) is 0. The van der Waals surface area contributed by atoms with Crippen molar-refractivity contribution in [3.63, 3.8) is 0 Å². The molecule has 144 valence electrons. The Bertz CT molecular complexity index is 722. The maximum atomic E-state index is 10.8. The number of nitrogens with zero attached hydrogens (tertiary/aromatic N) is 1. The van der Waals surface area contributed by atoms with Gasteiger partial charge in [-0.2, -0.15) is 0 Å². The highest BCUT2D eigenvalue weighted by atomic mass is 16.5. The van der Waals surface area contributed by atoms with Crippen LogP contribution in [0.4, 0.5) is 0 Å². The number of hydrogen-bond donors (Lipinski definition) is 2. The summed E-state index contributed by atoms with van der Waals surface area (Å²) in [4.78, 5) is 2.56. The molecule has 4 nitrogen and oxygen atoms in total. The molecular formula is C23H30N2O2. The molecule has 4 rings (SSSR count). The van der Waals surface area contributed by atoms with Crippen molar-refractivity contribution in [3.05, 3.63) is 59.7 Å². The molecule has 1 saturated heterocycles. The second-order valence-corrected chi connectivity index (χ2v) is 7.77. The summed E-state index contributed by atoms with van der Waals surface area (Å²) in [6, 6.07) is 16.3. The predicted octanol–water partition coefficient (Wildman–Crippen LogP) is 4.11. The molecule has 0 aromatic heterocycles. The standard InChI is InChI=1S/C23H30N2O2/c26-22-16-20(27-17-18-6-2-1-3-7-18)10-11-21(22)23(19-8-4-5-9-19)25-14-12-24-13-15-25/h1-3,6-7,10-11,16,19,23-24,26H,4-5,8-9,12-15,17H2/t23-/m0/s1. The van der Waals surface area contributed by atoms with Crippen molar-refractivity contribution in [2.45, 2.75) is 38.3 Å². The van der Waals surface area contributed by atoms with Crippen LogP contribution in [0, 0.1) is 5.92 Å². The van der Waals surface area contributed by atoms with Gasteiger partial charge in [0, 0.05) is 43.9 Å². The molecule has 2 aromatic carbocycles. The molecule has 0 bridgehead atoms. The summed E-state index contributed by atoms with van der Waals surface area (Å²) in [5.41, 5.74) is 2.20. The molecule has 2 aromatic rings. The Balaban J connectivity index is 1.51. The summed E-state index contributed by atoms with van der Waals surface area (Å²) in [5, 5.41) is 14.3. The molecule has 1 aliphatic carbocycles. The van der Waals surface area contributed by atoms with Crippen LogP contribution in [0.2, 0.25) is 0 Å². The van der Waals surface area contributed by atoms with Crippen molar-refractivity contribution in [2.24, 2.45) is 5.92 Å². The van der Waals surface area contributed by atoms with Crippen molar-refractivity contribution in [3.8, 4) is 11.5 Å². The van der Waals surface area contributed by atoms with Gasteiger partial charge in [-0.1, -0.05) is 49.2 Å². The van der Waals surface area contributed by atoms with Crippen LogP contribution in [0.3, 0.4) is 0 Å². The van der Waals surface area contributed by atoms with Crippen LogP contribution in [0.15, 0.2) is 48.5 Å². The van der Waals surface area contributed by atoms with Gasteiger partial charge in [-0.05, 0) is 30.4 Å². The highest BCUT2D eigenvalue weighted by Gasteiger charge is 2.33.